The minimum absolute atomic E-state index is 0.000812. The average molecular weight is 502 g/mol. The van der Waals surface area contributed by atoms with E-state index in [1.165, 1.54) is 10.5 Å². The number of carbonyl (C=O) groups excluding carboxylic acids is 1. The van der Waals surface area contributed by atoms with E-state index in [1.54, 1.807) is 16.0 Å². The first kappa shape index (κ1) is 24.4. The first-order valence-electron chi connectivity index (χ1n) is 12.6. The molecule has 2 saturated heterocycles. The third-order valence-corrected chi connectivity index (χ3v) is 7.21. The number of benzene rings is 1. The number of halogens is 3. The Morgan fingerprint density at radius 3 is 2.50 bits per heavy atom. The number of fused-ring (bicyclic) bond motifs is 1. The minimum atomic E-state index is -4.26. The Kier molecular flexibility index (Phi) is 6.53. The molecule has 4 heterocycles. The maximum atomic E-state index is 13.2. The minimum Gasteiger partial charge on any atom is -0.356 e. The zero-order valence-corrected chi connectivity index (χ0v) is 20.3. The second-order valence-corrected chi connectivity index (χ2v) is 9.66. The molecule has 0 N–H and O–H groups in total. The second kappa shape index (κ2) is 9.63. The number of rotatable bonds is 7. The Morgan fingerprint density at radius 2 is 1.86 bits per heavy atom. The molecule has 2 aromatic heterocycles. The van der Waals surface area contributed by atoms with E-state index in [1.807, 2.05) is 28.8 Å². The van der Waals surface area contributed by atoms with Gasteiger partial charge in [0, 0.05) is 50.6 Å². The van der Waals surface area contributed by atoms with Crippen LogP contribution in [0.5, 0.6) is 0 Å². The van der Waals surface area contributed by atoms with Crippen LogP contribution in [-0.2, 0) is 11.3 Å². The first-order valence-corrected chi connectivity index (χ1v) is 12.6. The number of anilines is 2. The normalized spacial score (nSPS) is 18.7. The van der Waals surface area contributed by atoms with Gasteiger partial charge >= 0.3 is 6.18 Å². The summed E-state index contributed by atoms with van der Waals surface area (Å²) >= 11 is 0. The van der Waals surface area contributed by atoms with Crippen LogP contribution in [0.1, 0.15) is 45.4 Å². The van der Waals surface area contributed by atoms with Gasteiger partial charge in [-0.2, -0.15) is 18.2 Å². The molecule has 192 valence electrons. The van der Waals surface area contributed by atoms with E-state index >= 15 is 0 Å². The molecule has 36 heavy (non-hydrogen) atoms. The van der Waals surface area contributed by atoms with E-state index < -0.39 is 12.1 Å². The van der Waals surface area contributed by atoms with Gasteiger partial charge in [0.25, 0.3) is 5.56 Å². The van der Waals surface area contributed by atoms with Gasteiger partial charge in [-0.3, -0.25) is 14.0 Å². The molecular weight excluding hydrogens is 471 g/mol. The van der Waals surface area contributed by atoms with Crippen molar-refractivity contribution >= 4 is 23.2 Å². The maximum absolute atomic E-state index is 13.2. The predicted octanol–water partition coefficient (Wildman–Crippen LogP) is 4.87. The van der Waals surface area contributed by atoms with Gasteiger partial charge in [0.15, 0.2) is 0 Å². The molecule has 0 bridgehead atoms. The summed E-state index contributed by atoms with van der Waals surface area (Å²) in [6.07, 6.45) is 1.82. The summed E-state index contributed by atoms with van der Waals surface area (Å²) in [5.41, 5.74) is 2.22. The average Bonchev–Trinajstić information content (AvgIpc) is 3.58. The molecule has 2 aliphatic heterocycles. The number of aryl methyl sites for hydroxylation is 1. The predicted molar refractivity (Wildman–Crippen MR) is 132 cm³/mol. The number of hydrogen-bond donors (Lipinski definition) is 0. The van der Waals surface area contributed by atoms with Crippen molar-refractivity contribution in [2.75, 3.05) is 29.4 Å². The van der Waals surface area contributed by atoms with E-state index in [0.29, 0.717) is 25.3 Å². The Labute approximate surface area is 207 Å². The second-order valence-electron chi connectivity index (χ2n) is 9.66. The summed E-state index contributed by atoms with van der Waals surface area (Å²) in [4.78, 5) is 33.2. The molecule has 0 radical (unpaired) electrons. The topological polar surface area (TPSA) is 62.9 Å². The highest BCUT2D eigenvalue weighted by molar-refractivity contribution is 5.95. The fourth-order valence-electron chi connectivity index (χ4n) is 5.18. The van der Waals surface area contributed by atoms with Crippen molar-refractivity contribution in [2.24, 2.45) is 5.92 Å². The number of carbonyl (C=O) groups is 1. The van der Waals surface area contributed by atoms with Gasteiger partial charge in [-0.1, -0.05) is 31.9 Å². The van der Waals surface area contributed by atoms with Crippen molar-refractivity contribution in [1.29, 1.82) is 0 Å². The van der Waals surface area contributed by atoms with Crippen LogP contribution in [0, 0.1) is 5.92 Å². The van der Waals surface area contributed by atoms with Crippen LogP contribution >= 0.6 is 0 Å². The van der Waals surface area contributed by atoms with Crippen LogP contribution < -0.4 is 15.4 Å². The fourth-order valence-corrected chi connectivity index (χ4v) is 5.18. The van der Waals surface area contributed by atoms with Crippen LogP contribution in [0.15, 0.2) is 41.3 Å². The maximum Gasteiger partial charge on any atom is 0.393 e. The van der Waals surface area contributed by atoms with Crippen LogP contribution in [0.2, 0.25) is 0 Å². The van der Waals surface area contributed by atoms with Crippen molar-refractivity contribution in [2.45, 2.75) is 58.2 Å². The summed E-state index contributed by atoms with van der Waals surface area (Å²) in [6.45, 7) is 3.48. The van der Waals surface area contributed by atoms with Crippen molar-refractivity contribution in [3.63, 3.8) is 0 Å². The standard InChI is InChI=1S/C26H30F3N5O2/c1-2-3-4-12-33-21(18-7-9-20(10-8-18)32-13-5-6-23(32)35)17-34-24(36)15-22(30-25(33)34)31-14-11-19(16-31)26(27,28)29/h7-10,15,17,19H,2-6,11-14,16H2,1H3. The number of aromatic nitrogens is 3. The lowest BCUT2D eigenvalue weighted by atomic mass is 10.1. The Hall–Kier alpha value is -3.30. The van der Waals surface area contributed by atoms with Crippen molar-refractivity contribution in [1.82, 2.24) is 14.0 Å². The zero-order valence-electron chi connectivity index (χ0n) is 20.3. The molecule has 0 saturated carbocycles. The highest BCUT2D eigenvalue weighted by Crippen LogP contribution is 2.35. The summed E-state index contributed by atoms with van der Waals surface area (Å²) < 4.78 is 43.1. The Bertz CT molecular complexity index is 1310. The number of imidazole rings is 1. The highest BCUT2D eigenvalue weighted by atomic mass is 19.4. The van der Waals surface area contributed by atoms with E-state index in [0.717, 1.165) is 42.6 Å². The smallest absolute Gasteiger partial charge is 0.356 e. The summed E-state index contributed by atoms with van der Waals surface area (Å²) in [7, 11) is 0. The number of hydrogen-bond acceptors (Lipinski definition) is 4. The SMILES string of the molecule is CCCCCn1c(-c2ccc(N3CCCC3=O)cc2)cn2c(=O)cc(N3CCC(C(F)(F)F)C3)nc12. The molecule has 0 aliphatic carbocycles. The van der Waals surface area contributed by atoms with E-state index in [9.17, 15) is 22.8 Å². The van der Waals surface area contributed by atoms with E-state index in [4.69, 9.17) is 0 Å². The van der Waals surface area contributed by atoms with Gasteiger partial charge in [-0.25, -0.2) is 0 Å². The molecule has 2 aliphatic rings. The monoisotopic (exact) mass is 501 g/mol. The van der Waals surface area contributed by atoms with Gasteiger partial charge in [0.05, 0.1) is 11.6 Å². The van der Waals surface area contributed by atoms with Gasteiger partial charge in [0.1, 0.15) is 5.82 Å². The molecule has 7 nitrogen and oxygen atoms in total. The zero-order chi connectivity index (χ0) is 25.4. The molecule has 1 aromatic carbocycles. The third kappa shape index (κ3) is 4.60. The van der Waals surface area contributed by atoms with Crippen molar-refractivity contribution in [3.8, 4) is 11.3 Å². The van der Waals surface area contributed by atoms with Crippen molar-refractivity contribution in [3.05, 3.63) is 46.9 Å². The first-order chi connectivity index (χ1) is 17.3. The highest BCUT2D eigenvalue weighted by Gasteiger charge is 2.44. The van der Waals surface area contributed by atoms with E-state index in [-0.39, 0.29) is 36.8 Å². The Morgan fingerprint density at radius 1 is 1.08 bits per heavy atom. The molecule has 1 unspecified atom stereocenters. The van der Waals surface area contributed by atoms with E-state index in [2.05, 4.69) is 11.9 Å². The number of amides is 1. The van der Waals surface area contributed by atoms with Crippen LogP contribution in [0.3, 0.4) is 0 Å². The van der Waals surface area contributed by atoms with Crippen LogP contribution in [-0.4, -0.2) is 45.7 Å². The van der Waals surface area contributed by atoms with Crippen LogP contribution in [0.25, 0.3) is 17.0 Å². The van der Waals surface area contributed by atoms with Gasteiger partial charge in [0.2, 0.25) is 11.7 Å². The lowest BCUT2D eigenvalue weighted by Crippen LogP contribution is -2.29. The molecule has 0 spiro atoms. The summed E-state index contributed by atoms with van der Waals surface area (Å²) in [6, 6.07) is 9.02. The molecule has 2 fully saturated rings. The van der Waals surface area contributed by atoms with Crippen LogP contribution in [0.4, 0.5) is 24.7 Å². The summed E-state index contributed by atoms with van der Waals surface area (Å²) in [5.74, 6) is -0.575. The Balaban J connectivity index is 1.52. The molecule has 1 amide bonds. The third-order valence-electron chi connectivity index (χ3n) is 7.21. The number of nitrogens with zero attached hydrogens (tertiary/aromatic N) is 5. The molecule has 3 aromatic rings. The van der Waals surface area contributed by atoms with Gasteiger partial charge in [-0.15, -0.1) is 0 Å². The molecule has 1 atom stereocenters. The van der Waals surface area contributed by atoms with Gasteiger partial charge < -0.3 is 14.4 Å². The number of alkyl halides is 3. The van der Waals surface area contributed by atoms with Crippen molar-refractivity contribution < 1.29 is 18.0 Å². The number of unbranched alkanes of at least 4 members (excludes halogenated alkanes) is 2. The molecule has 10 heteroatoms. The van der Waals surface area contributed by atoms with Gasteiger partial charge in [-0.05, 0) is 37.0 Å². The molecular formula is C26H30F3N5O2. The fraction of sp³-hybridized carbons (Fsp3) is 0.500. The summed E-state index contributed by atoms with van der Waals surface area (Å²) in [5, 5.41) is 0. The quantitative estimate of drug-likeness (QED) is 0.434. The molecule has 5 rings (SSSR count). The largest absolute Gasteiger partial charge is 0.393 e. The lowest BCUT2D eigenvalue weighted by molar-refractivity contribution is -0.168. The lowest BCUT2D eigenvalue weighted by Gasteiger charge is -2.19.